The van der Waals surface area contributed by atoms with E-state index in [1.165, 1.54) is 24.3 Å². The first-order valence-corrected chi connectivity index (χ1v) is 8.13. The van der Waals surface area contributed by atoms with E-state index in [0.717, 1.165) is 25.5 Å². The van der Waals surface area contributed by atoms with Crippen molar-refractivity contribution in [1.82, 2.24) is 0 Å². The number of amides is 1. The Morgan fingerprint density at radius 3 is 2.73 bits per heavy atom. The molecule has 0 radical (unpaired) electrons. The molecule has 0 unspecified atom stereocenters. The molecule has 1 heterocycles. The zero-order valence-electron chi connectivity index (χ0n) is 13.8. The van der Waals surface area contributed by atoms with Crippen molar-refractivity contribution in [1.29, 1.82) is 0 Å². The van der Waals surface area contributed by atoms with Crippen molar-refractivity contribution in [2.75, 3.05) is 18.5 Å². The molecule has 7 nitrogen and oxygen atoms in total. The number of carbonyl (C=O) groups is 1. The highest BCUT2D eigenvalue weighted by Crippen LogP contribution is 2.25. The average molecular weight is 360 g/mol. The first-order chi connectivity index (χ1) is 12.5. The van der Waals surface area contributed by atoms with E-state index in [-0.39, 0.29) is 17.4 Å². The van der Waals surface area contributed by atoms with E-state index in [4.69, 9.17) is 9.47 Å². The number of nitrogens with zero attached hydrogens (tertiary/aromatic N) is 1. The summed E-state index contributed by atoms with van der Waals surface area (Å²) in [5.41, 5.74) is -0.663. The minimum Gasteiger partial charge on any atom is -0.491 e. The third-order valence-electron chi connectivity index (χ3n) is 4.00. The zero-order valence-corrected chi connectivity index (χ0v) is 13.8. The molecule has 1 aliphatic heterocycles. The van der Waals surface area contributed by atoms with Gasteiger partial charge in [-0.1, -0.05) is 6.07 Å². The molecule has 1 saturated heterocycles. The van der Waals surface area contributed by atoms with Gasteiger partial charge in [-0.2, -0.15) is 4.39 Å². The molecule has 0 spiro atoms. The normalized spacial score (nSPS) is 16.3. The number of nitrogens with one attached hydrogen (secondary N) is 1. The number of nitro benzene ring substituents is 1. The molecule has 26 heavy (non-hydrogen) atoms. The molecule has 136 valence electrons. The van der Waals surface area contributed by atoms with Crippen LogP contribution in [0.1, 0.15) is 23.2 Å². The van der Waals surface area contributed by atoms with Crippen LogP contribution in [0.3, 0.4) is 0 Å². The summed E-state index contributed by atoms with van der Waals surface area (Å²) in [6, 6.07) is 9.94. The zero-order chi connectivity index (χ0) is 18.5. The van der Waals surface area contributed by atoms with Gasteiger partial charge in [0.25, 0.3) is 5.91 Å². The summed E-state index contributed by atoms with van der Waals surface area (Å²) >= 11 is 0. The molecule has 2 aromatic carbocycles. The summed E-state index contributed by atoms with van der Waals surface area (Å²) in [5.74, 6) is -1.06. The third-order valence-corrected chi connectivity index (χ3v) is 4.00. The Morgan fingerprint density at radius 2 is 2.08 bits per heavy atom. The number of rotatable bonds is 6. The van der Waals surface area contributed by atoms with Crippen molar-refractivity contribution in [2.45, 2.75) is 18.9 Å². The van der Waals surface area contributed by atoms with Crippen LogP contribution >= 0.6 is 0 Å². The van der Waals surface area contributed by atoms with Crippen LogP contribution in [-0.4, -0.2) is 30.1 Å². The second kappa shape index (κ2) is 7.92. The molecule has 3 rings (SSSR count). The van der Waals surface area contributed by atoms with Crippen molar-refractivity contribution < 1.29 is 23.6 Å². The van der Waals surface area contributed by atoms with Crippen molar-refractivity contribution in [3.63, 3.8) is 0 Å². The highest BCUT2D eigenvalue weighted by Gasteiger charge is 2.19. The SMILES string of the molecule is O=C(Nc1cccc([N+](=O)[O-])c1F)c1ccc(OC[C@@H]2CCCO2)cc1. The number of halogens is 1. The van der Waals surface area contributed by atoms with E-state index in [2.05, 4.69) is 5.32 Å². The van der Waals surface area contributed by atoms with Crippen LogP contribution in [0, 0.1) is 15.9 Å². The summed E-state index contributed by atoms with van der Waals surface area (Å²) in [5, 5.41) is 13.1. The maximum atomic E-state index is 14.0. The van der Waals surface area contributed by atoms with Gasteiger partial charge >= 0.3 is 5.69 Å². The second-order valence-corrected chi connectivity index (χ2v) is 5.82. The lowest BCUT2D eigenvalue weighted by molar-refractivity contribution is -0.387. The molecular weight excluding hydrogens is 343 g/mol. The third kappa shape index (κ3) is 4.15. The highest BCUT2D eigenvalue weighted by atomic mass is 19.1. The molecule has 1 fully saturated rings. The van der Waals surface area contributed by atoms with Crippen LogP contribution < -0.4 is 10.1 Å². The maximum absolute atomic E-state index is 14.0. The Labute approximate surface area is 148 Å². The first-order valence-electron chi connectivity index (χ1n) is 8.13. The van der Waals surface area contributed by atoms with E-state index in [0.29, 0.717) is 12.4 Å². The van der Waals surface area contributed by atoms with Gasteiger partial charge in [-0.05, 0) is 43.2 Å². The van der Waals surface area contributed by atoms with Crippen molar-refractivity contribution >= 4 is 17.3 Å². The fraction of sp³-hybridized carbons (Fsp3) is 0.278. The lowest BCUT2D eigenvalue weighted by atomic mass is 10.2. The molecule has 1 amide bonds. The smallest absolute Gasteiger partial charge is 0.306 e. The van der Waals surface area contributed by atoms with Crippen molar-refractivity contribution in [2.24, 2.45) is 0 Å². The summed E-state index contributed by atoms with van der Waals surface area (Å²) in [7, 11) is 0. The standard InChI is InChI=1S/C18H17FN2O5/c19-17-15(4-1-5-16(17)21(23)24)20-18(22)12-6-8-13(9-7-12)26-11-14-3-2-10-25-14/h1,4-9,14H,2-3,10-11H2,(H,20,22)/t14-/m0/s1. The summed E-state index contributed by atoms with van der Waals surface area (Å²) < 4.78 is 25.1. The van der Waals surface area contributed by atoms with Gasteiger partial charge in [0.2, 0.25) is 5.82 Å². The summed E-state index contributed by atoms with van der Waals surface area (Å²) in [6.45, 7) is 1.20. The molecule has 0 saturated carbocycles. The van der Waals surface area contributed by atoms with Crippen molar-refractivity contribution in [3.8, 4) is 5.75 Å². The molecule has 8 heteroatoms. The second-order valence-electron chi connectivity index (χ2n) is 5.82. The summed E-state index contributed by atoms with van der Waals surface area (Å²) in [6.07, 6.45) is 2.09. The lowest BCUT2D eigenvalue weighted by Gasteiger charge is -2.12. The predicted molar refractivity (Wildman–Crippen MR) is 91.9 cm³/mol. The van der Waals surface area contributed by atoms with Crippen LogP contribution in [0.15, 0.2) is 42.5 Å². The van der Waals surface area contributed by atoms with Crippen LogP contribution in [-0.2, 0) is 4.74 Å². The van der Waals surface area contributed by atoms with Gasteiger partial charge in [-0.3, -0.25) is 14.9 Å². The Morgan fingerprint density at radius 1 is 1.31 bits per heavy atom. The van der Waals surface area contributed by atoms with Crippen molar-refractivity contribution in [3.05, 3.63) is 64.0 Å². The first kappa shape index (κ1) is 17.8. The van der Waals surface area contributed by atoms with E-state index in [9.17, 15) is 19.3 Å². The molecule has 1 atom stereocenters. The highest BCUT2D eigenvalue weighted by molar-refractivity contribution is 6.04. The molecule has 0 bridgehead atoms. The van der Waals surface area contributed by atoms with Crippen LogP contribution in [0.4, 0.5) is 15.8 Å². The average Bonchev–Trinajstić information content (AvgIpc) is 3.15. The fourth-order valence-corrected chi connectivity index (χ4v) is 2.62. The number of nitro groups is 1. The topological polar surface area (TPSA) is 90.7 Å². The van der Waals surface area contributed by atoms with Gasteiger partial charge in [0, 0.05) is 18.2 Å². The minimum absolute atomic E-state index is 0.0924. The van der Waals surface area contributed by atoms with Gasteiger partial charge in [0.1, 0.15) is 12.4 Å². The van der Waals surface area contributed by atoms with Gasteiger partial charge in [-0.15, -0.1) is 0 Å². The molecular formula is C18H17FN2O5. The van der Waals surface area contributed by atoms with Gasteiger partial charge in [0.15, 0.2) is 0 Å². The minimum atomic E-state index is -1.08. The number of benzene rings is 2. The van der Waals surface area contributed by atoms with Crippen LogP contribution in [0.5, 0.6) is 5.75 Å². The molecule has 0 aromatic heterocycles. The monoisotopic (exact) mass is 360 g/mol. The quantitative estimate of drug-likeness (QED) is 0.628. The van der Waals surface area contributed by atoms with E-state index in [1.54, 1.807) is 12.1 Å². The summed E-state index contributed by atoms with van der Waals surface area (Å²) in [4.78, 5) is 22.1. The van der Waals surface area contributed by atoms with E-state index >= 15 is 0 Å². The maximum Gasteiger partial charge on any atom is 0.306 e. The fourth-order valence-electron chi connectivity index (χ4n) is 2.62. The molecule has 2 aromatic rings. The van der Waals surface area contributed by atoms with E-state index < -0.39 is 22.3 Å². The Balaban J connectivity index is 1.63. The van der Waals surface area contributed by atoms with Crippen LogP contribution in [0.2, 0.25) is 0 Å². The number of anilines is 1. The Kier molecular flexibility index (Phi) is 5.43. The molecule has 0 aliphatic carbocycles. The van der Waals surface area contributed by atoms with Gasteiger partial charge in [-0.25, -0.2) is 0 Å². The number of carbonyl (C=O) groups excluding carboxylic acids is 1. The largest absolute Gasteiger partial charge is 0.491 e. The molecule has 1 aliphatic rings. The Bertz CT molecular complexity index is 804. The van der Waals surface area contributed by atoms with E-state index in [1.807, 2.05) is 0 Å². The van der Waals surface area contributed by atoms with Gasteiger partial charge in [0.05, 0.1) is 16.7 Å². The number of ether oxygens (including phenoxy) is 2. The van der Waals surface area contributed by atoms with Gasteiger partial charge < -0.3 is 14.8 Å². The Hall–Kier alpha value is -3.00. The lowest BCUT2D eigenvalue weighted by Crippen LogP contribution is -2.16. The number of hydrogen-bond donors (Lipinski definition) is 1. The number of hydrogen-bond acceptors (Lipinski definition) is 5. The molecule has 1 N–H and O–H groups in total. The van der Waals surface area contributed by atoms with Crippen LogP contribution in [0.25, 0.3) is 0 Å². The predicted octanol–water partition coefficient (Wildman–Crippen LogP) is 3.54.